The second kappa shape index (κ2) is 15.4. The number of ether oxygens (including phenoxy) is 3. The average molecular weight is 499 g/mol. The summed E-state index contributed by atoms with van der Waals surface area (Å²) in [6, 6.07) is 14.4. The predicted molar refractivity (Wildman–Crippen MR) is 142 cm³/mol. The summed E-state index contributed by atoms with van der Waals surface area (Å²) in [6.45, 7) is 5.75. The van der Waals surface area contributed by atoms with E-state index in [4.69, 9.17) is 14.2 Å². The Kier molecular flexibility index (Phi) is 11.9. The van der Waals surface area contributed by atoms with Crippen molar-refractivity contribution in [3.8, 4) is 17.2 Å². The van der Waals surface area contributed by atoms with Crippen LogP contribution in [0.4, 0.5) is 0 Å². The molecule has 1 fully saturated rings. The Morgan fingerprint density at radius 3 is 2.17 bits per heavy atom. The van der Waals surface area contributed by atoms with Crippen LogP contribution in [0, 0.1) is 0 Å². The SMILES string of the molecule is CCCCCCOc1ccc([C@@H](O)[C@@H](CN2CCCC2)NC(=O)CCOc2ccc(OC)cc2)cc1. The van der Waals surface area contributed by atoms with Gasteiger partial charge in [0, 0.05) is 6.54 Å². The van der Waals surface area contributed by atoms with Crippen molar-refractivity contribution >= 4 is 5.91 Å². The van der Waals surface area contributed by atoms with Crippen LogP contribution in [0.1, 0.15) is 63.5 Å². The minimum atomic E-state index is -0.810. The Hall–Kier alpha value is -2.77. The maximum atomic E-state index is 12.7. The quantitative estimate of drug-likeness (QED) is 0.326. The summed E-state index contributed by atoms with van der Waals surface area (Å²) in [5.41, 5.74) is 0.771. The number of methoxy groups -OCH3 is 1. The van der Waals surface area contributed by atoms with Crippen molar-refractivity contribution in [3.05, 3.63) is 54.1 Å². The number of hydrogen-bond acceptors (Lipinski definition) is 6. The molecule has 0 bridgehead atoms. The largest absolute Gasteiger partial charge is 0.497 e. The molecule has 1 amide bonds. The number of aliphatic hydroxyl groups excluding tert-OH is 1. The van der Waals surface area contributed by atoms with E-state index in [-0.39, 0.29) is 18.9 Å². The number of benzene rings is 2. The van der Waals surface area contributed by atoms with Gasteiger partial charge in [0.05, 0.1) is 32.8 Å². The fourth-order valence-electron chi connectivity index (χ4n) is 4.39. The molecule has 0 spiro atoms. The van der Waals surface area contributed by atoms with Crippen LogP contribution in [0.5, 0.6) is 17.2 Å². The number of rotatable bonds is 16. The van der Waals surface area contributed by atoms with E-state index in [1.807, 2.05) is 48.5 Å². The molecule has 1 heterocycles. The summed E-state index contributed by atoms with van der Waals surface area (Å²) in [4.78, 5) is 15.0. The molecule has 0 radical (unpaired) electrons. The van der Waals surface area contributed by atoms with E-state index in [0.29, 0.717) is 18.9 Å². The van der Waals surface area contributed by atoms with E-state index in [1.165, 1.54) is 19.3 Å². The number of carbonyl (C=O) groups is 1. The number of unbranched alkanes of at least 4 members (excludes halogenated alkanes) is 3. The molecule has 0 unspecified atom stereocenters. The lowest BCUT2D eigenvalue weighted by atomic mass is 10.0. The van der Waals surface area contributed by atoms with E-state index in [1.54, 1.807) is 7.11 Å². The van der Waals surface area contributed by atoms with Crippen molar-refractivity contribution in [2.24, 2.45) is 0 Å². The Balaban J connectivity index is 1.52. The van der Waals surface area contributed by atoms with E-state index in [9.17, 15) is 9.90 Å². The Labute approximate surface area is 215 Å². The molecule has 1 aliphatic heterocycles. The zero-order valence-corrected chi connectivity index (χ0v) is 21.8. The molecule has 36 heavy (non-hydrogen) atoms. The lowest BCUT2D eigenvalue weighted by Crippen LogP contribution is -2.47. The summed E-state index contributed by atoms with van der Waals surface area (Å²) in [7, 11) is 1.62. The van der Waals surface area contributed by atoms with Gasteiger partial charge >= 0.3 is 0 Å². The van der Waals surface area contributed by atoms with Crippen LogP contribution < -0.4 is 19.5 Å². The van der Waals surface area contributed by atoms with Crippen LogP contribution in [0.3, 0.4) is 0 Å². The van der Waals surface area contributed by atoms with Gasteiger partial charge < -0.3 is 29.5 Å². The normalized spacial score (nSPS) is 15.3. The van der Waals surface area contributed by atoms with Crippen molar-refractivity contribution in [1.82, 2.24) is 10.2 Å². The average Bonchev–Trinajstić information content (AvgIpc) is 3.42. The summed E-state index contributed by atoms with van der Waals surface area (Å²) in [5.74, 6) is 2.10. The Morgan fingerprint density at radius 1 is 0.917 bits per heavy atom. The fourth-order valence-corrected chi connectivity index (χ4v) is 4.39. The van der Waals surface area contributed by atoms with Gasteiger partial charge in [0.1, 0.15) is 23.4 Å². The standard InChI is InChI=1S/C29H42N2O5/c1-3-4-5-8-20-35-25-11-9-23(10-12-25)29(33)27(22-31-18-6-7-19-31)30-28(32)17-21-36-26-15-13-24(34-2)14-16-26/h9-16,27,29,33H,3-8,17-22H2,1-2H3,(H,30,32)/t27-,29-/m1/s1. The van der Waals surface area contributed by atoms with Crippen LogP contribution in [-0.4, -0.2) is 61.9 Å². The molecule has 0 aliphatic carbocycles. The molecule has 7 nitrogen and oxygen atoms in total. The highest BCUT2D eigenvalue weighted by Crippen LogP contribution is 2.23. The van der Waals surface area contributed by atoms with Crippen LogP contribution >= 0.6 is 0 Å². The fraction of sp³-hybridized carbons (Fsp3) is 0.552. The van der Waals surface area contributed by atoms with Crippen LogP contribution in [0.2, 0.25) is 0 Å². The lowest BCUT2D eigenvalue weighted by Gasteiger charge is -2.29. The number of nitrogens with zero attached hydrogens (tertiary/aromatic N) is 1. The molecule has 2 N–H and O–H groups in total. The van der Waals surface area contributed by atoms with Gasteiger partial charge in [0.15, 0.2) is 0 Å². The highest BCUT2D eigenvalue weighted by atomic mass is 16.5. The molecular weight excluding hydrogens is 456 g/mol. The predicted octanol–water partition coefficient (Wildman–Crippen LogP) is 4.74. The van der Waals surface area contributed by atoms with Gasteiger partial charge in [-0.05, 0) is 74.3 Å². The van der Waals surface area contributed by atoms with Gasteiger partial charge in [-0.15, -0.1) is 0 Å². The van der Waals surface area contributed by atoms with Gasteiger partial charge in [-0.1, -0.05) is 38.3 Å². The maximum Gasteiger partial charge on any atom is 0.223 e. The summed E-state index contributed by atoms with van der Waals surface area (Å²) in [6.07, 6.45) is 6.35. The number of likely N-dealkylation sites (tertiary alicyclic amines) is 1. The zero-order chi connectivity index (χ0) is 25.6. The van der Waals surface area contributed by atoms with Gasteiger partial charge in [0.25, 0.3) is 0 Å². The smallest absolute Gasteiger partial charge is 0.223 e. The third-order valence-corrected chi connectivity index (χ3v) is 6.53. The number of carbonyl (C=O) groups excluding carboxylic acids is 1. The summed E-state index contributed by atoms with van der Waals surface area (Å²) < 4.78 is 16.7. The first-order chi connectivity index (χ1) is 17.6. The topological polar surface area (TPSA) is 80.3 Å². The minimum Gasteiger partial charge on any atom is -0.497 e. The number of hydrogen-bond donors (Lipinski definition) is 2. The van der Waals surface area contributed by atoms with E-state index >= 15 is 0 Å². The van der Waals surface area contributed by atoms with Crippen molar-refractivity contribution in [2.45, 2.75) is 64.0 Å². The molecule has 198 valence electrons. The van der Waals surface area contributed by atoms with E-state index in [2.05, 4.69) is 17.1 Å². The summed E-state index contributed by atoms with van der Waals surface area (Å²) >= 11 is 0. The monoisotopic (exact) mass is 498 g/mol. The molecule has 0 aromatic heterocycles. The second-order valence-electron chi connectivity index (χ2n) is 9.38. The number of aliphatic hydroxyl groups is 1. The van der Waals surface area contributed by atoms with Crippen molar-refractivity contribution in [2.75, 3.05) is 40.0 Å². The lowest BCUT2D eigenvalue weighted by molar-refractivity contribution is -0.123. The van der Waals surface area contributed by atoms with Crippen molar-refractivity contribution in [1.29, 1.82) is 0 Å². The molecule has 3 rings (SSSR count). The first kappa shape index (κ1) is 27.8. The summed E-state index contributed by atoms with van der Waals surface area (Å²) in [5, 5.41) is 14.2. The first-order valence-corrected chi connectivity index (χ1v) is 13.3. The maximum absolute atomic E-state index is 12.7. The Morgan fingerprint density at radius 2 is 1.53 bits per heavy atom. The van der Waals surface area contributed by atoms with Crippen molar-refractivity contribution in [3.63, 3.8) is 0 Å². The van der Waals surface area contributed by atoms with Gasteiger partial charge in [0.2, 0.25) is 5.91 Å². The number of amides is 1. The third-order valence-electron chi connectivity index (χ3n) is 6.53. The van der Waals surface area contributed by atoms with Gasteiger partial charge in [-0.3, -0.25) is 4.79 Å². The molecule has 0 saturated carbocycles. The zero-order valence-electron chi connectivity index (χ0n) is 21.8. The number of nitrogens with one attached hydrogen (secondary N) is 1. The van der Waals surface area contributed by atoms with Gasteiger partial charge in [-0.25, -0.2) is 0 Å². The van der Waals surface area contributed by atoms with E-state index in [0.717, 1.165) is 49.4 Å². The molecular formula is C29H42N2O5. The first-order valence-electron chi connectivity index (χ1n) is 13.3. The third kappa shape index (κ3) is 9.36. The van der Waals surface area contributed by atoms with Crippen LogP contribution in [-0.2, 0) is 4.79 Å². The highest BCUT2D eigenvalue weighted by molar-refractivity contribution is 5.76. The van der Waals surface area contributed by atoms with E-state index < -0.39 is 12.1 Å². The molecule has 1 saturated heterocycles. The Bertz CT molecular complexity index is 882. The highest BCUT2D eigenvalue weighted by Gasteiger charge is 2.26. The van der Waals surface area contributed by atoms with Crippen LogP contribution in [0.25, 0.3) is 0 Å². The molecule has 1 aliphatic rings. The van der Waals surface area contributed by atoms with Crippen molar-refractivity contribution < 1.29 is 24.1 Å². The second-order valence-corrected chi connectivity index (χ2v) is 9.38. The molecule has 2 aromatic rings. The molecule has 7 heteroatoms. The molecule has 2 atom stereocenters. The van der Waals surface area contributed by atoms with Crippen LogP contribution in [0.15, 0.2) is 48.5 Å². The molecule has 2 aromatic carbocycles. The minimum absolute atomic E-state index is 0.140. The van der Waals surface area contributed by atoms with Gasteiger partial charge in [-0.2, -0.15) is 0 Å².